The normalized spacial score (nSPS) is 13.2. The maximum atomic E-state index is 12.1. The monoisotopic (exact) mass is 333 g/mol. The van der Waals surface area contributed by atoms with Crippen molar-refractivity contribution in [3.63, 3.8) is 0 Å². The molecule has 2 aromatic rings. The van der Waals surface area contributed by atoms with Crippen molar-refractivity contribution in [2.24, 2.45) is 0 Å². The van der Waals surface area contributed by atoms with E-state index in [1.807, 2.05) is 50.4 Å². The van der Waals surface area contributed by atoms with Crippen molar-refractivity contribution in [2.45, 2.75) is 39.3 Å². The fourth-order valence-corrected chi connectivity index (χ4v) is 3.10. The Morgan fingerprint density at radius 2 is 2.13 bits per heavy atom. The highest BCUT2D eigenvalue weighted by molar-refractivity contribution is 7.09. The molecule has 0 spiro atoms. The number of amides is 2. The van der Waals surface area contributed by atoms with E-state index < -0.39 is 0 Å². The fraction of sp³-hybridized carbons (Fsp3) is 0.412. The number of methoxy groups -OCH3 is 1. The zero-order chi connectivity index (χ0) is 16.8. The van der Waals surface area contributed by atoms with Gasteiger partial charge >= 0.3 is 6.03 Å². The van der Waals surface area contributed by atoms with E-state index in [0.717, 1.165) is 28.4 Å². The Balaban J connectivity index is 1.84. The molecule has 0 fully saturated rings. The van der Waals surface area contributed by atoms with Crippen LogP contribution in [0.2, 0.25) is 0 Å². The van der Waals surface area contributed by atoms with E-state index in [1.165, 1.54) is 0 Å². The van der Waals surface area contributed by atoms with Gasteiger partial charge in [0.25, 0.3) is 0 Å². The van der Waals surface area contributed by atoms with Gasteiger partial charge in [0.1, 0.15) is 10.8 Å². The van der Waals surface area contributed by atoms with Crippen molar-refractivity contribution in [1.29, 1.82) is 0 Å². The number of benzene rings is 1. The summed E-state index contributed by atoms with van der Waals surface area (Å²) in [6, 6.07) is 7.61. The van der Waals surface area contributed by atoms with Gasteiger partial charge in [-0.2, -0.15) is 0 Å². The van der Waals surface area contributed by atoms with Crippen LogP contribution in [-0.2, 0) is 6.42 Å². The maximum absolute atomic E-state index is 12.1. The second kappa shape index (κ2) is 7.97. The quantitative estimate of drug-likeness (QED) is 0.851. The molecule has 0 aliphatic rings. The van der Waals surface area contributed by atoms with Gasteiger partial charge in [-0.25, -0.2) is 9.78 Å². The molecule has 5 nitrogen and oxygen atoms in total. The summed E-state index contributed by atoms with van der Waals surface area (Å²) in [6.45, 7) is 5.87. The molecule has 0 saturated heterocycles. The van der Waals surface area contributed by atoms with Gasteiger partial charge in [-0.1, -0.05) is 12.1 Å². The van der Waals surface area contributed by atoms with Crippen molar-refractivity contribution in [1.82, 2.24) is 15.6 Å². The molecular formula is C17H23N3O2S. The average molecular weight is 333 g/mol. The zero-order valence-corrected chi connectivity index (χ0v) is 14.7. The molecule has 1 heterocycles. The predicted octanol–water partition coefficient (Wildman–Crippen LogP) is 3.45. The molecule has 0 aliphatic carbocycles. The number of urea groups is 1. The summed E-state index contributed by atoms with van der Waals surface area (Å²) in [5.74, 6) is 0.826. The van der Waals surface area contributed by atoms with Gasteiger partial charge in [0.15, 0.2) is 0 Å². The topological polar surface area (TPSA) is 63.2 Å². The van der Waals surface area contributed by atoms with Crippen molar-refractivity contribution in [3.8, 4) is 5.75 Å². The number of thiazole rings is 1. The maximum Gasteiger partial charge on any atom is 0.315 e. The summed E-state index contributed by atoms with van der Waals surface area (Å²) >= 11 is 1.56. The highest BCUT2D eigenvalue weighted by atomic mass is 32.1. The smallest absolute Gasteiger partial charge is 0.315 e. The Hall–Kier alpha value is -2.08. The number of nitrogens with one attached hydrogen (secondary N) is 2. The van der Waals surface area contributed by atoms with Crippen LogP contribution in [0, 0.1) is 6.92 Å². The van der Waals surface area contributed by atoms with Gasteiger partial charge in [0.2, 0.25) is 0 Å². The van der Waals surface area contributed by atoms with E-state index in [4.69, 9.17) is 4.74 Å². The van der Waals surface area contributed by atoms with Crippen LogP contribution in [0.3, 0.4) is 0 Å². The largest absolute Gasteiger partial charge is 0.497 e. The van der Waals surface area contributed by atoms with E-state index >= 15 is 0 Å². The fourth-order valence-electron chi connectivity index (χ4n) is 2.30. The van der Waals surface area contributed by atoms with Crippen LogP contribution in [-0.4, -0.2) is 24.2 Å². The van der Waals surface area contributed by atoms with Crippen LogP contribution in [0.25, 0.3) is 0 Å². The third-order valence-corrected chi connectivity index (χ3v) is 4.55. The van der Waals surface area contributed by atoms with Crippen LogP contribution in [0.4, 0.5) is 4.79 Å². The van der Waals surface area contributed by atoms with Crippen LogP contribution in [0.1, 0.15) is 36.2 Å². The lowest BCUT2D eigenvalue weighted by Crippen LogP contribution is -2.42. The molecule has 1 aromatic heterocycles. The second-order valence-corrected chi connectivity index (χ2v) is 6.51. The van der Waals surface area contributed by atoms with Gasteiger partial charge in [-0.3, -0.25) is 0 Å². The summed E-state index contributed by atoms with van der Waals surface area (Å²) in [7, 11) is 1.65. The Morgan fingerprint density at radius 3 is 2.78 bits per heavy atom. The molecule has 2 atom stereocenters. The number of aryl methyl sites for hydroxylation is 1. The van der Waals surface area contributed by atoms with Crippen LogP contribution in [0.15, 0.2) is 29.6 Å². The van der Waals surface area contributed by atoms with E-state index in [0.29, 0.717) is 0 Å². The highest BCUT2D eigenvalue weighted by Gasteiger charge is 2.14. The first-order chi connectivity index (χ1) is 11.0. The first-order valence-corrected chi connectivity index (χ1v) is 8.48. The number of nitrogens with zero attached hydrogens (tertiary/aromatic N) is 1. The SMILES string of the molecule is COc1cccc(C[C@H](C)NC(=O)N[C@H](C)c2nc(C)cs2)c1. The molecule has 2 amide bonds. The minimum Gasteiger partial charge on any atom is -0.497 e. The summed E-state index contributed by atoms with van der Waals surface area (Å²) in [5.41, 5.74) is 2.10. The number of aromatic nitrogens is 1. The predicted molar refractivity (Wildman–Crippen MR) is 93.1 cm³/mol. The molecular weight excluding hydrogens is 310 g/mol. The third kappa shape index (κ3) is 5.25. The van der Waals surface area contributed by atoms with Crippen LogP contribution in [0.5, 0.6) is 5.75 Å². The highest BCUT2D eigenvalue weighted by Crippen LogP contribution is 2.17. The lowest BCUT2D eigenvalue weighted by atomic mass is 10.1. The summed E-state index contributed by atoms with van der Waals surface area (Å²) in [4.78, 5) is 16.5. The average Bonchev–Trinajstić information content (AvgIpc) is 2.93. The molecule has 0 radical (unpaired) electrons. The Labute approximate surface area is 141 Å². The van der Waals surface area contributed by atoms with Gasteiger partial charge in [-0.15, -0.1) is 11.3 Å². The number of ether oxygens (including phenoxy) is 1. The van der Waals surface area contributed by atoms with Gasteiger partial charge < -0.3 is 15.4 Å². The van der Waals surface area contributed by atoms with Gasteiger partial charge in [0, 0.05) is 17.1 Å². The second-order valence-electron chi connectivity index (χ2n) is 5.62. The van der Waals surface area contributed by atoms with Crippen molar-refractivity contribution >= 4 is 17.4 Å². The first kappa shape index (κ1) is 17.3. The van der Waals surface area contributed by atoms with Crippen LogP contribution >= 0.6 is 11.3 Å². The van der Waals surface area contributed by atoms with Crippen molar-refractivity contribution in [3.05, 3.63) is 45.9 Å². The number of rotatable bonds is 6. The summed E-state index contributed by atoms with van der Waals surface area (Å²) in [6.07, 6.45) is 0.745. The number of carbonyl (C=O) groups is 1. The molecule has 124 valence electrons. The standard InChI is InChI=1S/C17H23N3O2S/c1-11(8-14-6-5-7-15(9-14)22-4)19-17(21)20-13(3)16-18-12(2)10-23-16/h5-7,9-11,13H,8H2,1-4H3,(H2,19,20,21)/t11-,13+/m0/s1. The number of hydrogen-bond donors (Lipinski definition) is 2. The number of carbonyl (C=O) groups excluding carboxylic acids is 1. The molecule has 0 saturated carbocycles. The van der Waals surface area contributed by atoms with Gasteiger partial charge in [0.05, 0.1) is 13.2 Å². The molecule has 6 heteroatoms. The molecule has 2 N–H and O–H groups in total. The first-order valence-electron chi connectivity index (χ1n) is 7.60. The lowest BCUT2D eigenvalue weighted by Gasteiger charge is -2.17. The molecule has 0 bridgehead atoms. The Bertz CT molecular complexity index is 657. The Kier molecular flexibility index (Phi) is 5.98. The zero-order valence-electron chi connectivity index (χ0n) is 13.9. The Morgan fingerprint density at radius 1 is 1.35 bits per heavy atom. The minimum atomic E-state index is -0.180. The summed E-state index contributed by atoms with van der Waals surface area (Å²) in [5, 5.41) is 8.78. The lowest BCUT2D eigenvalue weighted by molar-refractivity contribution is 0.234. The molecule has 2 rings (SSSR count). The van der Waals surface area contributed by atoms with Crippen LogP contribution < -0.4 is 15.4 Å². The van der Waals surface area contributed by atoms with E-state index in [-0.39, 0.29) is 18.1 Å². The van der Waals surface area contributed by atoms with E-state index in [2.05, 4.69) is 15.6 Å². The minimum absolute atomic E-state index is 0.0207. The van der Waals surface area contributed by atoms with E-state index in [9.17, 15) is 4.79 Å². The van der Waals surface area contributed by atoms with Gasteiger partial charge in [-0.05, 0) is 44.9 Å². The molecule has 1 aromatic carbocycles. The van der Waals surface area contributed by atoms with Crippen molar-refractivity contribution < 1.29 is 9.53 Å². The molecule has 0 aliphatic heterocycles. The van der Waals surface area contributed by atoms with E-state index in [1.54, 1.807) is 18.4 Å². The third-order valence-electron chi connectivity index (χ3n) is 3.41. The molecule has 23 heavy (non-hydrogen) atoms. The number of hydrogen-bond acceptors (Lipinski definition) is 4. The van der Waals surface area contributed by atoms with Crippen molar-refractivity contribution in [2.75, 3.05) is 7.11 Å². The molecule has 0 unspecified atom stereocenters. The summed E-state index contributed by atoms with van der Waals surface area (Å²) < 4.78 is 5.22.